The summed E-state index contributed by atoms with van der Waals surface area (Å²) in [4.78, 5) is 15.0. The van der Waals surface area contributed by atoms with Gasteiger partial charge >= 0.3 is 0 Å². The Kier molecular flexibility index (Phi) is 5.46. The number of carbonyl (C=O) groups is 1. The average molecular weight is 237 g/mol. The van der Waals surface area contributed by atoms with Gasteiger partial charge in [0.25, 0.3) is 0 Å². The normalized spacial score (nSPS) is 10.1. The van der Waals surface area contributed by atoms with Crippen molar-refractivity contribution in [2.45, 2.75) is 32.6 Å². The maximum atomic E-state index is 10.8. The van der Waals surface area contributed by atoms with Crippen LogP contribution in [0.5, 0.6) is 11.6 Å². The topological polar surface area (TPSA) is 48.4 Å². The lowest BCUT2D eigenvalue weighted by Gasteiger charge is -2.11. The molecule has 94 valence electrons. The lowest BCUT2D eigenvalue weighted by atomic mass is 10.1. The molecule has 0 unspecified atom stereocenters. The molecule has 0 amide bonds. The molecule has 0 radical (unpaired) electrons. The molecule has 0 atom stereocenters. The zero-order valence-electron chi connectivity index (χ0n) is 10.7. The average Bonchev–Trinajstić information content (AvgIpc) is 2.38. The van der Waals surface area contributed by atoms with Gasteiger partial charge in [-0.15, -0.1) is 0 Å². The van der Waals surface area contributed by atoms with Crippen molar-refractivity contribution in [1.82, 2.24) is 4.98 Å². The van der Waals surface area contributed by atoms with Crippen molar-refractivity contribution in [1.29, 1.82) is 0 Å². The van der Waals surface area contributed by atoms with Gasteiger partial charge < -0.3 is 9.47 Å². The first-order valence-electron chi connectivity index (χ1n) is 5.83. The number of hydrogen-bond donors (Lipinski definition) is 0. The molecule has 1 heterocycles. The van der Waals surface area contributed by atoms with E-state index in [4.69, 9.17) is 9.47 Å². The minimum atomic E-state index is 0.281. The van der Waals surface area contributed by atoms with Gasteiger partial charge in [-0.25, -0.2) is 4.98 Å². The molecule has 4 nitrogen and oxygen atoms in total. The molecule has 17 heavy (non-hydrogen) atoms. The fraction of sp³-hybridized carbons (Fsp3) is 0.538. The van der Waals surface area contributed by atoms with Crippen molar-refractivity contribution in [3.05, 3.63) is 17.3 Å². The van der Waals surface area contributed by atoms with Crippen LogP contribution >= 0.6 is 0 Å². The quantitative estimate of drug-likeness (QED) is 0.540. The Hall–Kier alpha value is -1.58. The number of ether oxygens (including phenoxy) is 2. The Morgan fingerprint density at radius 2 is 2.06 bits per heavy atom. The number of aromatic nitrogens is 1. The van der Waals surface area contributed by atoms with Gasteiger partial charge in [0.05, 0.1) is 14.2 Å². The van der Waals surface area contributed by atoms with Gasteiger partial charge in [-0.2, -0.15) is 0 Å². The predicted molar refractivity (Wildman–Crippen MR) is 66.0 cm³/mol. The van der Waals surface area contributed by atoms with Crippen molar-refractivity contribution < 1.29 is 14.3 Å². The van der Waals surface area contributed by atoms with Crippen molar-refractivity contribution in [3.8, 4) is 11.6 Å². The smallest absolute Gasteiger partial charge is 0.217 e. The molecule has 0 aliphatic heterocycles. The molecular formula is C13H19NO3. The molecule has 4 heteroatoms. The highest BCUT2D eigenvalue weighted by atomic mass is 16.5. The lowest BCUT2D eigenvalue weighted by molar-refractivity contribution is 0.111. The van der Waals surface area contributed by atoms with Crippen LogP contribution in [0.15, 0.2) is 6.07 Å². The number of carbonyl (C=O) groups excluding carboxylic acids is 1. The number of unbranched alkanes of at least 4 members (excludes halogenated alkanes) is 2. The SMILES string of the molecule is CCCCCc1cc(OC)c(C=O)nc1OC. The summed E-state index contributed by atoms with van der Waals surface area (Å²) in [5, 5.41) is 0. The molecule has 0 saturated carbocycles. The van der Waals surface area contributed by atoms with E-state index in [0.717, 1.165) is 18.4 Å². The highest BCUT2D eigenvalue weighted by Gasteiger charge is 2.12. The van der Waals surface area contributed by atoms with E-state index in [1.165, 1.54) is 20.0 Å². The monoisotopic (exact) mass is 237 g/mol. The first kappa shape index (κ1) is 13.5. The van der Waals surface area contributed by atoms with E-state index in [0.29, 0.717) is 17.9 Å². The Bertz CT molecular complexity index is 377. The van der Waals surface area contributed by atoms with Crippen molar-refractivity contribution in [3.63, 3.8) is 0 Å². The summed E-state index contributed by atoms with van der Waals surface area (Å²) in [6.45, 7) is 2.16. The van der Waals surface area contributed by atoms with Gasteiger partial charge in [-0.1, -0.05) is 19.8 Å². The number of aldehydes is 1. The molecule has 0 aliphatic rings. The molecule has 0 aliphatic carbocycles. The van der Waals surface area contributed by atoms with Crippen LogP contribution in [0.4, 0.5) is 0 Å². The van der Waals surface area contributed by atoms with E-state index >= 15 is 0 Å². The fourth-order valence-electron chi connectivity index (χ4n) is 1.70. The van der Waals surface area contributed by atoms with Gasteiger partial charge in [-0.05, 0) is 18.9 Å². The van der Waals surface area contributed by atoms with Crippen LogP contribution in [0.3, 0.4) is 0 Å². The van der Waals surface area contributed by atoms with Crippen LogP contribution in [0.25, 0.3) is 0 Å². The second-order valence-corrected chi connectivity index (χ2v) is 3.82. The summed E-state index contributed by atoms with van der Waals surface area (Å²) in [7, 11) is 3.10. The summed E-state index contributed by atoms with van der Waals surface area (Å²) in [6, 6.07) is 1.84. The largest absolute Gasteiger partial charge is 0.494 e. The van der Waals surface area contributed by atoms with E-state index in [1.54, 1.807) is 7.11 Å². The maximum Gasteiger partial charge on any atom is 0.217 e. The summed E-state index contributed by atoms with van der Waals surface area (Å²) in [6.07, 6.45) is 4.98. The molecule has 0 aromatic carbocycles. The third-order valence-electron chi connectivity index (χ3n) is 2.63. The second kappa shape index (κ2) is 6.89. The Morgan fingerprint density at radius 3 is 2.59 bits per heavy atom. The number of pyridine rings is 1. The van der Waals surface area contributed by atoms with Crippen LogP contribution in [0, 0.1) is 0 Å². The van der Waals surface area contributed by atoms with Crippen LogP contribution < -0.4 is 9.47 Å². The van der Waals surface area contributed by atoms with Crippen LogP contribution in [-0.4, -0.2) is 25.5 Å². The predicted octanol–water partition coefficient (Wildman–Crippen LogP) is 2.64. The van der Waals surface area contributed by atoms with Crippen molar-refractivity contribution in [2.75, 3.05) is 14.2 Å². The molecular weight excluding hydrogens is 218 g/mol. The van der Waals surface area contributed by atoms with Crippen LogP contribution in [0.1, 0.15) is 42.2 Å². The van der Waals surface area contributed by atoms with Crippen molar-refractivity contribution in [2.24, 2.45) is 0 Å². The zero-order valence-corrected chi connectivity index (χ0v) is 10.7. The highest BCUT2D eigenvalue weighted by molar-refractivity contribution is 5.77. The molecule has 0 saturated heterocycles. The van der Waals surface area contributed by atoms with Gasteiger partial charge in [0.2, 0.25) is 5.88 Å². The summed E-state index contributed by atoms with van der Waals surface area (Å²) < 4.78 is 10.3. The lowest BCUT2D eigenvalue weighted by Crippen LogP contribution is -2.02. The standard InChI is InChI=1S/C13H19NO3/c1-4-5-6-7-10-8-12(16-2)11(9-15)14-13(10)17-3/h8-9H,4-7H2,1-3H3. The Morgan fingerprint density at radius 1 is 1.29 bits per heavy atom. The highest BCUT2D eigenvalue weighted by Crippen LogP contribution is 2.25. The van der Waals surface area contributed by atoms with E-state index < -0.39 is 0 Å². The van der Waals surface area contributed by atoms with Gasteiger partial charge in [-0.3, -0.25) is 4.79 Å². The Labute approximate surface area is 102 Å². The maximum absolute atomic E-state index is 10.8. The molecule has 1 rings (SSSR count). The number of nitrogens with zero attached hydrogens (tertiary/aromatic N) is 1. The summed E-state index contributed by atoms with van der Waals surface area (Å²) >= 11 is 0. The first-order chi connectivity index (χ1) is 8.26. The molecule has 1 aromatic rings. The number of methoxy groups -OCH3 is 2. The molecule has 1 aromatic heterocycles. The third kappa shape index (κ3) is 3.44. The fourth-order valence-corrected chi connectivity index (χ4v) is 1.70. The second-order valence-electron chi connectivity index (χ2n) is 3.82. The third-order valence-corrected chi connectivity index (χ3v) is 2.63. The number of aryl methyl sites for hydroxylation is 1. The minimum absolute atomic E-state index is 0.281. The summed E-state index contributed by atoms with van der Waals surface area (Å²) in [5.74, 6) is 1.02. The van der Waals surface area contributed by atoms with E-state index in [-0.39, 0.29) is 5.69 Å². The molecule has 0 fully saturated rings. The minimum Gasteiger partial charge on any atom is -0.494 e. The summed E-state index contributed by atoms with van der Waals surface area (Å²) in [5.41, 5.74) is 1.27. The first-order valence-corrected chi connectivity index (χ1v) is 5.83. The molecule has 0 bridgehead atoms. The van der Waals surface area contributed by atoms with Gasteiger partial charge in [0, 0.05) is 5.56 Å². The van der Waals surface area contributed by atoms with Crippen LogP contribution in [0.2, 0.25) is 0 Å². The van der Waals surface area contributed by atoms with Gasteiger partial charge in [0.15, 0.2) is 6.29 Å². The zero-order chi connectivity index (χ0) is 12.7. The van der Waals surface area contributed by atoms with E-state index in [1.807, 2.05) is 6.07 Å². The Balaban J connectivity index is 2.97. The van der Waals surface area contributed by atoms with Crippen molar-refractivity contribution >= 4 is 6.29 Å². The number of hydrogen-bond acceptors (Lipinski definition) is 4. The molecule has 0 N–H and O–H groups in total. The van der Waals surface area contributed by atoms with Gasteiger partial charge in [0.1, 0.15) is 11.4 Å². The van der Waals surface area contributed by atoms with E-state index in [9.17, 15) is 4.79 Å². The van der Waals surface area contributed by atoms with E-state index in [2.05, 4.69) is 11.9 Å². The number of rotatable bonds is 7. The van der Waals surface area contributed by atoms with Crippen LogP contribution in [-0.2, 0) is 6.42 Å². The molecule has 0 spiro atoms.